The number of pyridine rings is 1. The van der Waals surface area contributed by atoms with Crippen LogP contribution in [-0.2, 0) is 11.3 Å². The molecule has 0 atom stereocenters. The molecule has 2 aliphatic heterocycles. The molecule has 2 aromatic carbocycles. The highest BCUT2D eigenvalue weighted by Crippen LogP contribution is 2.37. The van der Waals surface area contributed by atoms with Crippen molar-refractivity contribution in [3.63, 3.8) is 0 Å². The average molecular weight is 566 g/mol. The molecule has 0 bridgehead atoms. The number of hydrogen-bond acceptors (Lipinski definition) is 8. The highest BCUT2D eigenvalue weighted by molar-refractivity contribution is 8.26. The normalized spacial score (nSPS) is 15.8. The SMILES string of the molecule is O=C1/C(=C\c2c(Sc3ccc(Cl)cc3)nc3ccccn3c2=O)SC(=S)N1Cc1ccc2c(c1)OCO2. The molecule has 7 nitrogen and oxygen atoms in total. The van der Waals surface area contributed by atoms with Crippen LogP contribution in [0.15, 0.2) is 86.5 Å². The van der Waals surface area contributed by atoms with E-state index in [9.17, 15) is 9.59 Å². The van der Waals surface area contributed by atoms with E-state index in [4.69, 9.17) is 38.3 Å². The van der Waals surface area contributed by atoms with Crippen molar-refractivity contribution in [2.75, 3.05) is 6.79 Å². The van der Waals surface area contributed by atoms with E-state index < -0.39 is 0 Å². The van der Waals surface area contributed by atoms with Crippen molar-refractivity contribution in [2.45, 2.75) is 16.5 Å². The Morgan fingerprint density at radius 3 is 2.73 bits per heavy atom. The van der Waals surface area contributed by atoms with Crippen LogP contribution in [0.1, 0.15) is 11.1 Å². The molecule has 0 N–H and O–H groups in total. The number of aromatic nitrogens is 2. The first-order chi connectivity index (χ1) is 18.0. The lowest BCUT2D eigenvalue weighted by atomic mass is 10.2. The second kappa shape index (κ2) is 9.86. The Kier molecular flexibility index (Phi) is 6.41. The fraction of sp³-hybridized carbons (Fsp3) is 0.0769. The van der Waals surface area contributed by atoms with Gasteiger partial charge in [0.15, 0.2) is 11.5 Å². The number of thioether (sulfide) groups is 1. The molecular formula is C26H16ClN3O4S3. The second-order valence-electron chi connectivity index (χ2n) is 8.08. The van der Waals surface area contributed by atoms with Gasteiger partial charge in [0.2, 0.25) is 6.79 Å². The standard InChI is InChI=1S/C26H16ClN3O4S3/c27-16-5-7-17(8-6-16)36-23-18(24(31)29-10-2-1-3-22(29)28-23)12-21-25(32)30(26(35)37-21)13-15-4-9-19-20(11-15)34-14-33-19/h1-12H,13-14H2/b21-12+. The summed E-state index contributed by atoms with van der Waals surface area (Å²) in [5.41, 5.74) is 1.40. The first-order valence-electron chi connectivity index (χ1n) is 11.0. The predicted octanol–water partition coefficient (Wildman–Crippen LogP) is 5.63. The zero-order valence-electron chi connectivity index (χ0n) is 18.9. The van der Waals surface area contributed by atoms with Crippen LogP contribution in [0.25, 0.3) is 11.7 Å². The van der Waals surface area contributed by atoms with Gasteiger partial charge in [-0.25, -0.2) is 4.98 Å². The molecule has 0 unspecified atom stereocenters. The zero-order valence-corrected chi connectivity index (χ0v) is 22.1. The summed E-state index contributed by atoms with van der Waals surface area (Å²) in [6.07, 6.45) is 3.25. The number of thiocarbonyl (C=S) groups is 1. The molecule has 37 heavy (non-hydrogen) atoms. The largest absolute Gasteiger partial charge is 0.454 e. The molecule has 2 aromatic heterocycles. The molecule has 11 heteroatoms. The van der Waals surface area contributed by atoms with Crippen LogP contribution in [0, 0.1) is 0 Å². The number of amides is 1. The van der Waals surface area contributed by atoms with Crippen LogP contribution >= 0.6 is 47.3 Å². The number of carbonyl (C=O) groups excluding carboxylic acids is 1. The molecule has 4 aromatic rings. The predicted molar refractivity (Wildman–Crippen MR) is 148 cm³/mol. The molecule has 1 saturated heterocycles. The minimum atomic E-state index is -0.275. The summed E-state index contributed by atoms with van der Waals surface area (Å²) in [5.74, 6) is 1.04. The number of halogens is 1. The Morgan fingerprint density at radius 1 is 1.08 bits per heavy atom. The van der Waals surface area contributed by atoms with Gasteiger partial charge in [-0.2, -0.15) is 0 Å². The lowest BCUT2D eigenvalue weighted by Crippen LogP contribution is -2.27. The number of carbonyl (C=O) groups is 1. The summed E-state index contributed by atoms with van der Waals surface area (Å²) in [6, 6.07) is 18.1. The van der Waals surface area contributed by atoms with Gasteiger partial charge >= 0.3 is 0 Å². The maximum Gasteiger partial charge on any atom is 0.266 e. The number of benzene rings is 2. The number of ether oxygens (including phenoxy) is 2. The van der Waals surface area contributed by atoms with Crippen LogP contribution in [0.4, 0.5) is 0 Å². The molecule has 184 valence electrons. The quantitative estimate of drug-likeness (QED) is 0.175. The van der Waals surface area contributed by atoms with E-state index in [1.807, 2.05) is 36.4 Å². The summed E-state index contributed by atoms with van der Waals surface area (Å²) in [5, 5.41) is 1.10. The van der Waals surface area contributed by atoms with Gasteiger partial charge in [0.05, 0.1) is 17.0 Å². The zero-order chi connectivity index (χ0) is 25.5. The van der Waals surface area contributed by atoms with Crippen LogP contribution in [0.2, 0.25) is 5.02 Å². The summed E-state index contributed by atoms with van der Waals surface area (Å²) < 4.78 is 12.7. The fourth-order valence-corrected chi connectivity index (χ4v) is 6.14. The second-order valence-corrected chi connectivity index (χ2v) is 11.3. The minimum Gasteiger partial charge on any atom is -0.454 e. The van der Waals surface area contributed by atoms with E-state index in [2.05, 4.69) is 0 Å². The van der Waals surface area contributed by atoms with Crippen LogP contribution in [0.5, 0.6) is 11.5 Å². The van der Waals surface area contributed by atoms with Crippen LogP contribution in [-0.4, -0.2) is 31.3 Å². The van der Waals surface area contributed by atoms with Crippen molar-refractivity contribution < 1.29 is 14.3 Å². The molecular weight excluding hydrogens is 550 g/mol. The van der Waals surface area contributed by atoms with E-state index in [1.165, 1.54) is 21.1 Å². The van der Waals surface area contributed by atoms with Crippen LogP contribution in [0.3, 0.4) is 0 Å². The smallest absolute Gasteiger partial charge is 0.266 e. The first-order valence-corrected chi connectivity index (χ1v) is 13.5. The van der Waals surface area contributed by atoms with Gasteiger partial charge < -0.3 is 9.47 Å². The van der Waals surface area contributed by atoms with E-state index in [0.717, 1.165) is 22.2 Å². The van der Waals surface area contributed by atoms with E-state index >= 15 is 0 Å². The highest BCUT2D eigenvalue weighted by atomic mass is 35.5. The lowest BCUT2D eigenvalue weighted by Gasteiger charge is -2.14. The maximum atomic E-state index is 13.5. The summed E-state index contributed by atoms with van der Waals surface area (Å²) in [7, 11) is 0. The first kappa shape index (κ1) is 24.1. The van der Waals surface area contributed by atoms with Crippen molar-refractivity contribution in [1.82, 2.24) is 14.3 Å². The number of fused-ring (bicyclic) bond motifs is 2. The molecule has 4 heterocycles. The molecule has 0 radical (unpaired) electrons. The summed E-state index contributed by atoms with van der Waals surface area (Å²) in [6.45, 7) is 0.453. The Labute approximate surface area is 230 Å². The van der Waals surface area contributed by atoms with Gasteiger partial charge in [0.1, 0.15) is 15.0 Å². The van der Waals surface area contributed by atoms with E-state index in [-0.39, 0.29) is 24.8 Å². The number of nitrogens with zero attached hydrogens (tertiary/aromatic N) is 3. The summed E-state index contributed by atoms with van der Waals surface area (Å²) >= 11 is 14.1. The van der Waals surface area contributed by atoms with E-state index in [0.29, 0.717) is 42.0 Å². The Balaban J connectivity index is 1.36. The van der Waals surface area contributed by atoms with Gasteiger partial charge in [-0.15, -0.1) is 0 Å². The van der Waals surface area contributed by atoms with Crippen LogP contribution < -0.4 is 15.0 Å². The van der Waals surface area contributed by atoms with Gasteiger partial charge in [0.25, 0.3) is 11.5 Å². The lowest BCUT2D eigenvalue weighted by molar-refractivity contribution is -0.122. The number of hydrogen-bond donors (Lipinski definition) is 0. The Hall–Kier alpha value is -3.31. The number of rotatable bonds is 5. The summed E-state index contributed by atoms with van der Waals surface area (Å²) in [4.78, 5) is 34.3. The fourth-order valence-electron chi connectivity index (χ4n) is 3.89. The highest BCUT2D eigenvalue weighted by Gasteiger charge is 2.33. The van der Waals surface area contributed by atoms with Gasteiger partial charge in [0, 0.05) is 16.1 Å². The van der Waals surface area contributed by atoms with Gasteiger partial charge in [-0.05, 0) is 60.2 Å². The third-order valence-electron chi connectivity index (χ3n) is 5.69. The monoisotopic (exact) mass is 565 g/mol. The van der Waals surface area contributed by atoms with Crippen molar-refractivity contribution in [2.24, 2.45) is 0 Å². The minimum absolute atomic E-state index is 0.175. The molecule has 1 fully saturated rings. The molecule has 0 aliphatic carbocycles. The average Bonchev–Trinajstić information content (AvgIpc) is 3.47. The molecule has 0 spiro atoms. The Bertz CT molecular complexity index is 1670. The maximum absolute atomic E-state index is 13.5. The van der Waals surface area contributed by atoms with Gasteiger partial charge in [-0.1, -0.05) is 59.5 Å². The third-order valence-corrected chi connectivity index (χ3v) is 8.33. The Morgan fingerprint density at radius 2 is 1.89 bits per heavy atom. The topological polar surface area (TPSA) is 73.1 Å². The molecule has 1 amide bonds. The van der Waals surface area contributed by atoms with Gasteiger partial charge in [-0.3, -0.25) is 18.9 Å². The van der Waals surface area contributed by atoms with E-state index in [1.54, 1.807) is 36.5 Å². The molecule has 0 saturated carbocycles. The van der Waals surface area contributed by atoms with Crippen molar-refractivity contribution in [3.8, 4) is 11.5 Å². The van der Waals surface area contributed by atoms with Crippen molar-refractivity contribution in [1.29, 1.82) is 0 Å². The third kappa shape index (κ3) is 4.73. The van der Waals surface area contributed by atoms with Crippen molar-refractivity contribution >= 4 is 69.3 Å². The molecule has 6 rings (SSSR count). The molecule has 2 aliphatic rings. The van der Waals surface area contributed by atoms with Crippen molar-refractivity contribution in [3.05, 3.63) is 98.3 Å².